The molecule has 0 saturated heterocycles. The fourth-order valence-electron chi connectivity index (χ4n) is 2.24. The van der Waals surface area contributed by atoms with Gasteiger partial charge in [0.2, 0.25) is 0 Å². The number of carbonyl (C=O) groups is 1. The van der Waals surface area contributed by atoms with Gasteiger partial charge in [0.1, 0.15) is 12.4 Å². The van der Waals surface area contributed by atoms with Crippen LogP contribution in [-0.2, 0) is 11.3 Å². The van der Waals surface area contributed by atoms with E-state index in [0.717, 1.165) is 17.5 Å². The molecular weight excluding hydrogens is 335 g/mol. The smallest absolute Gasteiger partial charge is 0.339 e. The first-order valence-electron chi connectivity index (χ1n) is 7.13. The normalized spacial score (nSPS) is 10.8. The number of esters is 1. The fourth-order valence-corrected chi connectivity index (χ4v) is 2.49. The molecule has 1 heterocycles. The average molecular weight is 347 g/mol. The van der Waals surface area contributed by atoms with Crippen LogP contribution < -0.4 is 5.56 Å². The van der Waals surface area contributed by atoms with E-state index < -0.39 is 11.8 Å². The topological polar surface area (TPSA) is 61.2 Å². The lowest BCUT2D eigenvalue weighted by atomic mass is 10.2. The quantitative estimate of drug-likeness (QED) is 0.681. The third-order valence-corrected chi connectivity index (χ3v) is 3.76. The van der Waals surface area contributed by atoms with Crippen molar-refractivity contribution in [2.24, 2.45) is 0 Å². The largest absolute Gasteiger partial charge is 0.460 e. The van der Waals surface area contributed by atoms with Crippen molar-refractivity contribution in [3.8, 4) is 0 Å². The summed E-state index contributed by atoms with van der Waals surface area (Å²) in [6, 6.07) is 10.5. The fraction of sp³-hybridized carbons (Fsp3) is 0.118. The van der Waals surface area contributed by atoms with Crippen LogP contribution in [0.2, 0.25) is 5.02 Å². The van der Waals surface area contributed by atoms with E-state index in [4.69, 9.17) is 16.3 Å². The molecule has 3 aromatic rings. The van der Waals surface area contributed by atoms with Crippen LogP contribution in [0.1, 0.15) is 10.4 Å². The lowest BCUT2D eigenvalue weighted by Gasteiger charge is -2.08. The molecule has 0 atom stereocenters. The Morgan fingerprint density at radius 3 is 2.83 bits per heavy atom. The van der Waals surface area contributed by atoms with Gasteiger partial charge in [-0.3, -0.25) is 4.79 Å². The maximum Gasteiger partial charge on any atom is 0.339 e. The van der Waals surface area contributed by atoms with Crippen molar-refractivity contribution in [1.29, 1.82) is 0 Å². The summed E-state index contributed by atoms with van der Waals surface area (Å²) in [6.07, 6.45) is 1.58. The summed E-state index contributed by atoms with van der Waals surface area (Å²) in [5.74, 6) is -1.22. The monoisotopic (exact) mass is 346 g/mol. The molecule has 0 aliphatic heterocycles. The van der Waals surface area contributed by atoms with Crippen molar-refractivity contribution in [2.75, 3.05) is 6.61 Å². The molecular formula is C17H12ClFN2O3. The Balaban J connectivity index is 1.69. The first-order chi connectivity index (χ1) is 11.6. The molecule has 24 heavy (non-hydrogen) atoms. The number of carbonyl (C=O) groups excluding carboxylic acids is 1. The van der Waals surface area contributed by atoms with Crippen LogP contribution in [0.5, 0.6) is 0 Å². The van der Waals surface area contributed by atoms with Crippen LogP contribution >= 0.6 is 11.6 Å². The Kier molecular flexibility index (Phi) is 4.57. The highest BCUT2D eigenvalue weighted by Crippen LogP contribution is 2.18. The van der Waals surface area contributed by atoms with E-state index >= 15 is 0 Å². The number of hydrogen-bond acceptors (Lipinski definition) is 4. The highest BCUT2D eigenvalue weighted by atomic mass is 35.5. The molecule has 2 aromatic carbocycles. The molecule has 0 N–H and O–H groups in total. The van der Waals surface area contributed by atoms with Crippen LogP contribution in [0.3, 0.4) is 0 Å². The molecule has 0 aliphatic carbocycles. The van der Waals surface area contributed by atoms with Crippen LogP contribution in [0, 0.1) is 5.82 Å². The first kappa shape index (κ1) is 16.1. The van der Waals surface area contributed by atoms with E-state index in [2.05, 4.69) is 5.10 Å². The van der Waals surface area contributed by atoms with E-state index in [1.54, 1.807) is 24.4 Å². The first-order valence-corrected chi connectivity index (χ1v) is 7.51. The Morgan fingerprint density at radius 2 is 2.04 bits per heavy atom. The van der Waals surface area contributed by atoms with Crippen molar-refractivity contribution in [3.05, 3.63) is 75.4 Å². The predicted molar refractivity (Wildman–Crippen MR) is 87.7 cm³/mol. The molecule has 122 valence electrons. The second-order valence-electron chi connectivity index (χ2n) is 5.02. The summed E-state index contributed by atoms with van der Waals surface area (Å²) in [5.41, 5.74) is -0.194. The van der Waals surface area contributed by atoms with E-state index in [-0.39, 0.29) is 29.3 Å². The van der Waals surface area contributed by atoms with Gasteiger partial charge >= 0.3 is 5.97 Å². The van der Waals surface area contributed by atoms with Gasteiger partial charge < -0.3 is 4.74 Å². The molecule has 0 bridgehead atoms. The van der Waals surface area contributed by atoms with Crippen molar-refractivity contribution in [1.82, 2.24) is 9.78 Å². The summed E-state index contributed by atoms with van der Waals surface area (Å²) >= 11 is 5.80. The summed E-state index contributed by atoms with van der Waals surface area (Å²) < 4.78 is 19.3. The van der Waals surface area contributed by atoms with Gasteiger partial charge in [0.25, 0.3) is 5.56 Å². The van der Waals surface area contributed by atoms with Crippen LogP contribution in [0.4, 0.5) is 4.39 Å². The Morgan fingerprint density at radius 1 is 1.25 bits per heavy atom. The molecule has 7 heteroatoms. The molecule has 0 fully saturated rings. The number of rotatable bonds is 4. The van der Waals surface area contributed by atoms with Crippen molar-refractivity contribution in [2.45, 2.75) is 6.54 Å². The summed E-state index contributed by atoms with van der Waals surface area (Å²) in [7, 11) is 0. The summed E-state index contributed by atoms with van der Waals surface area (Å²) in [6.45, 7) is 0.0476. The van der Waals surface area contributed by atoms with Crippen LogP contribution in [-0.4, -0.2) is 22.4 Å². The average Bonchev–Trinajstić information content (AvgIpc) is 2.57. The minimum absolute atomic E-state index is 0.0269. The molecule has 0 amide bonds. The third-order valence-electron chi connectivity index (χ3n) is 3.45. The molecule has 1 aromatic heterocycles. The van der Waals surface area contributed by atoms with Gasteiger partial charge in [-0.25, -0.2) is 13.9 Å². The van der Waals surface area contributed by atoms with Gasteiger partial charge in [-0.15, -0.1) is 0 Å². The second-order valence-corrected chi connectivity index (χ2v) is 5.43. The summed E-state index contributed by atoms with van der Waals surface area (Å²) in [4.78, 5) is 24.2. The Labute approximate surface area is 141 Å². The van der Waals surface area contributed by atoms with Gasteiger partial charge in [-0.1, -0.05) is 29.8 Å². The van der Waals surface area contributed by atoms with Crippen molar-refractivity contribution < 1.29 is 13.9 Å². The number of fused-ring (bicyclic) bond motifs is 1. The van der Waals surface area contributed by atoms with E-state index in [0.29, 0.717) is 5.39 Å². The maximum absolute atomic E-state index is 13.0. The second kappa shape index (κ2) is 6.80. The van der Waals surface area contributed by atoms with Gasteiger partial charge in [-0.05, 0) is 24.3 Å². The minimum atomic E-state index is -0.686. The molecule has 0 radical (unpaired) electrons. The van der Waals surface area contributed by atoms with Gasteiger partial charge in [0.05, 0.1) is 28.7 Å². The molecule has 0 saturated carbocycles. The van der Waals surface area contributed by atoms with Crippen LogP contribution in [0.15, 0.2) is 53.5 Å². The Bertz CT molecular complexity index is 971. The number of nitrogens with zero attached hydrogens (tertiary/aromatic N) is 2. The lowest BCUT2D eigenvalue weighted by Crippen LogP contribution is -2.25. The molecule has 5 nitrogen and oxygen atoms in total. The maximum atomic E-state index is 13.0. The zero-order valence-corrected chi connectivity index (χ0v) is 13.2. The van der Waals surface area contributed by atoms with Crippen molar-refractivity contribution >= 4 is 28.3 Å². The number of hydrogen-bond donors (Lipinski definition) is 0. The van der Waals surface area contributed by atoms with Crippen LogP contribution in [0.25, 0.3) is 10.8 Å². The highest BCUT2D eigenvalue weighted by molar-refractivity contribution is 6.33. The standard InChI is InChI=1S/C17H12ClFN2O3/c18-15-9-12(19)5-6-14(15)17(23)24-8-7-21-16(22)13-4-2-1-3-11(13)10-20-21/h1-6,9-10H,7-8H2. The minimum Gasteiger partial charge on any atom is -0.460 e. The van der Waals surface area contributed by atoms with Gasteiger partial charge in [-0.2, -0.15) is 5.10 Å². The zero-order chi connectivity index (χ0) is 17.1. The number of halogens is 2. The van der Waals surface area contributed by atoms with E-state index in [9.17, 15) is 14.0 Å². The SMILES string of the molecule is O=C(OCCn1ncc2ccccc2c1=O)c1ccc(F)cc1Cl. The number of aromatic nitrogens is 2. The number of ether oxygens (including phenoxy) is 1. The molecule has 0 unspecified atom stereocenters. The molecule has 0 spiro atoms. The van der Waals surface area contributed by atoms with Crippen molar-refractivity contribution in [3.63, 3.8) is 0 Å². The third kappa shape index (κ3) is 3.28. The number of benzene rings is 2. The highest BCUT2D eigenvalue weighted by Gasteiger charge is 2.13. The lowest BCUT2D eigenvalue weighted by molar-refractivity contribution is 0.0486. The Hall–Kier alpha value is -2.73. The summed E-state index contributed by atoms with van der Waals surface area (Å²) in [5, 5.41) is 5.30. The van der Waals surface area contributed by atoms with E-state index in [1.807, 2.05) is 6.07 Å². The molecule has 0 aliphatic rings. The molecule has 3 rings (SSSR count). The predicted octanol–water partition coefficient (Wildman–Crippen LogP) is 3.05. The van der Waals surface area contributed by atoms with Gasteiger partial charge in [0, 0.05) is 5.39 Å². The zero-order valence-electron chi connectivity index (χ0n) is 12.4. The van der Waals surface area contributed by atoms with E-state index in [1.165, 1.54) is 10.7 Å². The van der Waals surface area contributed by atoms with Gasteiger partial charge in [0.15, 0.2) is 0 Å².